The molecule has 0 aliphatic heterocycles. The first-order valence-electron chi connectivity index (χ1n) is 4.09. The average molecular weight is 349 g/mol. The van der Waals surface area contributed by atoms with Crippen LogP contribution < -0.4 is 124 Å². The minimum absolute atomic E-state index is 0. The summed E-state index contributed by atoms with van der Waals surface area (Å²) in [5.41, 5.74) is 4.84. The van der Waals surface area contributed by atoms with E-state index in [0.29, 0.717) is 0 Å². The number of hydrogen-bond donors (Lipinski definition) is 5. The third kappa shape index (κ3) is 88.8. The molecular weight excluding hydrogens is 330 g/mol. The fourth-order valence-corrected chi connectivity index (χ4v) is 0.275. The number of carbonyl (C=O) groups is 4. The molecule has 0 spiro atoms. The van der Waals surface area contributed by atoms with E-state index in [0.717, 1.165) is 13.8 Å². The standard InChI is InChI=1S/C4H7NO4.2C2H4O2.4Na.4H/c5-2(4(8)9)1-3(6)7;2*1-2(3)4;;;;;;;;/h2H,1,5H2,(H,6,7)(H,8,9);2*1H3,(H,3,4);;;;;;;;/q;;;4*+1;4*-1. The van der Waals surface area contributed by atoms with Gasteiger partial charge in [0.1, 0.15) is 6.04 Å². The van der Waals surface area contributed by atoms with Crippen molar-refractivity contribution in [3.63, 3.8) is 0 Å². The maximum Gasteiger partial charge on any atom is 1.00 e. The Kier molecular flexibility index (Phi) is 61.6. The van der Waals surface area contributed by atoms with Crippen molar-refractivity contribution < 1.29 is 164 Å². The van der Waals surface area contributed by atoms with E-state index < -0.39 is 36.3 Å². The van der Waals surface area contributed by atoms with E-state index in [2.05, 4.69) is 0 Å². The second-order valence-corrected chi connectivity index (χ2v) is 2.58. The quantitative estimate of drug-likeness (QED) is 0.310. The Balaban J connectivity index is -0.0000000122. The number of carboxylic acids is 4. The monoisotopic (exact) mass is 349 g/mol. The summed E-state index contributed by atoms with van der Waals surface area (Å²) in [4.78, 5) is 37.6. The van der Waals surface area contributed by atoms with Gasteiger partial charge in [-0.3, -0.25) is 19.2 Å². The number of carboxylic acid groups (broad SMARTS) is 4. The maximum atomic E-state index is 9.85. The molecule has 1 atom stereocenters. The van der Waals surface area contributed by atoms with Crippen molar-refractivity contribution in [2.75, 3.05) is 0 Å². The van der Waals surface area contributed by atoms with Crippen LogP contribution >= 0.6 is 0 Å². The van der Waals surface area contributed by atoms with Crippen molar-refractivity contribution in [2.45, 2.75) is 26.3 Å². The molecule has 1 unspecified atom stereocenters. The number of aliphatic carboxylic acids is 4. The molecule has 0 bridgehead atoms. The molecule has 0 aromatic heterocycles. The van der Waals surface area contributed by atoms with Crippen LogP contribution in [0.1, 0.15) is 26.0 Å². The SMILES string of the molecule is CC(=O)O.CC(=O)O.NC(CC(=O)O)C(=O)O.[H-].[H-].[H-].[H-].[Na+].[Na+].[Na+].[Na+]. The van der Waals surface area contributed by atoms with Crippen LogP contribution in [-0.2, 0) is 19.2 Å². The van der Waals surface area contributed by atoms with Crippen LogP contribution in [0.15, 0.2) is 0 Å². The van der Waals surface area contributed by atoms with Gasteiger partial charge in [-0.15, -0.1) is 0 Å². The second kappa shape index (κ2) is 29.8. The van der Waals surface area contributed by atoms with Crippen LogP contribution in [-0.4, -0.2) is 50.3 Å². The predicted octanol–water partition coefficient (Wildman–Crippen LogP) is -12.5. The molecule has 21 heavy (non-hydrogen) atoms. The molecule has 0 amide bonds. The Hall–Kier alpha value is 1.84. The molecule has 0 rings (SSSR count). The first-order chi connectivity index (χ1) is 7.50. The average Bonchev–Trinajstić information content (AvgIpc) is 1.99. The molecule has 13 heteroatoms. The van der Waals surface area contributed by atoms with Crippen LogP contribution in [0.5, 0.6) is 0 Å². The molecule has 0 aliphatic rings. The summed E-state index contributed by atoms with van der Waals surface area (Å²) in [5, 5.41) is 30.9. The molecule has 0 fully saturated rings. The summed E-state index contributed by atoms with van der Waals surface area (Å²) in [7, 11) is 0. The molecule has 0 aliphatic carbocycles. The van der Waals surface area contributed by atoms with Crippen LogP contribution in [0.3, 0.4) is 0 Å². The smallest absolute Gasteiger partial charge is 1.00 e. The molecular formula is C8H19NNa4O8. The van der Waals surface area contributed by atoms with Crippen molar-refractivity contribution in [3.05, 3.63) is 0 Å². The van der Waals surface area contributed by atoms with E-state index >= 15 is 0 Å². The molecule has 9 nitrogen and oxygen atoms in total. The van der Waals surface area contributed by atoms with Gasteiger partial charge in [-0.2, -0.15) is 0 Å². The summed E-state index contributed by atoms with van der Waals surface area (Å²) in [6.07, 6.45) is -0.532. The molecule has 6 N–H and O–H groups in total. The Bertz CT molecular complexity index is 285. The Labute approximate surface area is 216 Å². The van der Waals surface area contributed by atoms with E-state index in [9.17, 15) is 9.59 Å². The van der Waals surface area contributed by atoms with Crippen molar-refractivity contribution in [1.29, 1.82) is 0 Å². The number of nitrogens with two attached hydrogens (primary N) is 1. The third-order valence-corrected chi connectivity index (χ3v) is 0.712. The van der Waals surface area contributed by atoms with Gasteiger partial charge in [0.2, 0.25) is 0 Å². The minimum Gasteiger partial charge on any atom is -1.00 e. The topological polar surface area (TPSA) is 175 Å². The fraction of sp³-hybridized carbons (Fsp3) is 0.500. The van der Waals surface area contributed by atoms with Gasteiger partial charge in [-0.05, 0) is 0 Å². The zero-order valence-electron chi connectivity index (χ0n) is 17.3. The van der Waals surface area contributed by atoms with Gasteiger partial charge in [0, 0.05) is 13.8 Å². The summed E-state index contributed by atoms with van der Waals surface area (Å²) in [6.45, 7) is 2.17. The molecule has 0 heterocycles. The molecule has 0 aromatic rings. The first kappa shape index (κ1) is 43.4. The van der Waals surface area contributed by atoms with E-state index in [1.807, 2.05) is 0 Å². The number of rotatable bonds is 3. The van der Waals surface area contributed by atoms with Gasteiger partial charge < -0.3 is 31.9 Å². The zero-order chi connectivity index (χ0) is 14.6. The Morgan fingerprint density at radius 1 is 0.857 bits per heavy atom. The van der Waals surface area contributed by atoms with Crippen LogP contribution in [0, 0.1) is 0 Å². The Morgan fingerprint density at radius 3 is 1.10 bits per heavy atom. The van der Waals surface area contributed by atoms with Gasteiger partial charge in [0.05, 0.1) is 6.42 Å². The summed E-state index contributed by atoms with van der Waals surface area (Å²) in [5.74, 6) is -4.16. The predicted molar refractivity (Wildman–Crippen MR) is 58.9 cm³/mol. The van der Waals surface area contributed by atoms with Crippen molar-refractivity contribution >= 4 is 23.9 Å². The van der Waals surface area contributed by atoms with Crippen LogP contribution in [0.25, 0.3) is 0 Å². The molecule has 0 saturated carbocycles. The van der Waals surface area contributed by atoms with Crippen LogP contribution in [0.4, 0.5) is 0 Å². The van der Waals surface area contributed by atoms with E-state index in [1.54, 1.807) is 0 Å². The largest absolute Gasteiger partial charge is 1.00 e. The molecule has 108 valence electrons. The zero-order valence-corrected chi connectivity index (χ0v) is 21.3. The van der Waals surface area contributed by atoms with Crippen LogP contribution in [0.2, 0.25) is 0 Å². The van der Waals surface area contributed by atoms with Crippen molar-refractivity contribution in [1.82, 2.24) is 0 Å². The minimum atomic E-state index is -1.29. The molecule has 0 aromatic carbocycles. The van der Waals surface area contributed by atoms with Crippen molar-refractivity contribution in [2.24, 2.45) is 5.73 Å². The summed E-state index contributed by atoms with van der Waals surface area (Å²) < 4.78 is 0. The van der Waals surface area contributed by atoms with E-state index in [-0.39, 0.29) is 124 Å². The number of hydrogen-bond acceptors (Lipinski definition) is 5. The van der Waals surface area contributed by atoms with Gasteiger partial charge in [0.15, 0.2) is 0 Å². The second-order valence-electron chi connectivity index (χ2n) is 2.58. The fourth-order valence-electron chi connectivity index (χ4n) is 0.275. The van der Waals surface area contributed by atoms with E-state index in [4.69, 9.17) is 35.7 Å². The summed E-state index contributed by atoms with van der Waals surface area (Å²) in [6, 6.07) is -1.29. The van der Waals surface area contributed by atoms with E-state index in [1.165, 1.54) is 0 Å². The molecule has 0 radical (unpaired) electrons. The third-order valence-electron chi connectivity index (χ3n) is 0.712. The normalized spacial score (nSPS) is 7.76. The van der Waals surface area contributed by atoms with Gasteiger partial charge in [0.25, 0.3) is 11.9 Å². The maximum absolute atomic E-state index is 9.85. The Morgan fingerprint density at radius 2 is 1.05 bits per heavy atom. The summed E-state index contributed by atoms with van der Waals surface area (Å²) >= 11 is 0. The van der Waals surface area contributed by atoms with Gasteiger partial charge >= 0.3 is 130 Å². The first-order valence-corrected chi connectivity index (χ1v) is 4.09. The van der Waals surface area contributed by atoms with Crippen molar-refractivity contribution in [3.8, 4) is 0 Å². The van der Waals surface area contributed by atoms with Gasteiger partial charge in [-0.25, -0.2) is 0 Å². The molecule has 0 saturated heterocycles. The van der Waals surface area contributed by atoms with Gasteiger partial charge in [-0.1, -0.05) is 0 Å².